The molecule has 40 heavy (non-hydrogen) atoms. The zero-order chi connectivity index (χ0) is 26.6. The van der Waals surface area contributed by atoms with Gasteiger partial charge in [-0.05, 0) is 47.9 Å². The van der Waals surface area contributed by atoms with E-state index in [9.17, 15) is 0 Å². The van der Waals surface area contributed by atoms with Crippen molar-refractivity contribution in [1.29, 1.82) is 0 Å². The molecule has 4 heterocycles. The van der Waals surface area contributed by atoms with Crippen LogP contribution in [0.5, 0.6) is 17.2 Å². The summed E-state index contributed by atoms with van der Waals surface area (Å²) in [5, 5.41) is 2.35. The number of hydrogen-bond donors (Lipinski definition) is 0. The quantitative estimate of drug-likeness (QED) is 0.254. The molecule has 0 radical (unpaired) electrons. The Morgan fingerprint density at radius 1 is 0.775 bits per heavy atom. The second-order valence-corrected chi connectivity index (χ2v) is 10.2. The molecule has 2 aliphatic heterocycles. The maximum atomic E-state index is 6.54. The third-order valence-corrected chi connectivity index (χ3v) is 7.63. The molecule has 6 nitrogen and oxygen atoms in total. The van der Waals surface area contributed by atoms with Crippen LogP contribution in [0.15, 0.2) is 127 Å². The molecule has 192 valence electrons. The lowest BCUT2D eigenvalue weighted by molar-refractivity contribution is 0.476. The van der Waals surface area contributed by atoms with Gasteiger partial charge in [0.1, 0.15) is 23.1 Å². The van der Waals surface area contributed by atoms with Gasteiger partial charge in [0.15, 0.2) is 0 Å². The molecule has 0 atom stereocenters. The summed E-state index contributed by atoms with van der Waals surface area (Å²) in [6.07, 6.45) is 3.99. The Morgan fingerprint density at radius 2 is 1.55 bits per heavy atom. The summed E-state index contributed by atoms with van der Waals surface area (Å²) in [5.74, 6) is 3.25. The van der Waals surface area contributed by atoms with Crippen molar-refractivity contribution in [2.45, 2.75) is 0 Å². The van der Waals surface area contributed by atoms with Crippen molar-refractivity contribution in [2.75, 3.05) is 18.6 Å². The second-order valence-electron chi connectivity index (χ2n) is 10.2. The minimum atomic E-state index is -0.152. The summed E-state index contributed by atoms with van der Waals surface area (Å²) >= 11 is 0. The van der Waals surface area contributed by atoms with Gasteiger partial charge in [-0.2, -0.15) is 0 Å². The molecular weight excluding hydrogens is 495 g/mol. The number of benzene rings is 4. The van der Waals surface area contributed by atoms with Crippen LogP contribution in [0.2, 0.25) is 0 Å². The lowest BCUT2D eigenvalue weighted by Crippen LogP contribution is -2.47. The van der Waals surface area contributed by atoms with Crippen molar-refractivity contribution in [3.8, 4) is 23.1 Å². The third-order valence-electron chi connectivity index (χ3n) is 7.63. The molecule has 2 aliphatic rings. The minimum absolute atomic E-state index is 0.152. The highest BCUT2D eigenvalue weighted by molar-refractivity contribution is 6.76. The summed E-state index contributed by atoms with van der Waals surface area (Å²) in [6, 6.07) is 37.1. The first-order valence-electron chi connectivity index (χ1n) is 13.4. The SMILES string of the molecule is CN1C=C2B(c3ccccc3)Oc3ccc(Oc4ccc5c6ccccc6n(-c6ccccn6)c5c4)cc3N2C1. The monoisotopic (exact) mass is 520 g/mol. The zero-order valence-corrected chi connectivity index (χ0v) is 21.9. The number of nitrogens with zero attached hydrogens (tertiary/aromatic N) is 4. The first-order chi connectivity index (χ1) is 19.7. The van der Waals surface area contributed by atoms with E-state index in [0.717, 1.165) is 62.9 Å². The smallest absolute Gasteiger partial charge is 0.445 e. The zero-order valence-electron chi connectivity index (χ0n) is 21.9. The van der Waals surface area contributed by atoms with E-state index in [1.807, 2.05) is 48.7 Å². The third kappa shape index (κ3) is 3.62. The van der Waals surface area contributed by atoms with E-state index in [1.165, 1.54) is 5.39 Å². The summed E-state index contributed by atoms with van der Waals surface area (Å²) in [7, 11) is 2.09. The van der Waals surface area contributed by atoms with Crippen LogP contribution in [0.1, 0.15) is 0 Å². The number of fused-ring (bicyclic) bond motifs is 6. The number of para-hydroxylation sites is 1. The van der Waals surface area contributed by atoms with Gasteiger partial charge in [0.2, 0.25) is 0 Å². The molecule has 0 saturated heterocycles. The lowest BCUT2D eigenvalue weighted by Gasteiger charge is -2.34. The van der Waals surface area contributed by atoms with Crippen LogP contribution < -0.4 is 19.8 Å². The van der Waals surface area contributed by atoms with Gasteiger partial charge in [-0.3, -0.25) is 4.57 Å². The van der Waals surface area contributed by atoms with Gasteiger partial charge < -0.3 is 19.2 Å². The predicted molar refractivity (Wildman–Crippen MR) is 161 cm³/mol. The van der Waals surface area contributed by atoms with Gasteiger partial charge in [-0.15, -0.1) is 0 Å². The minimum Gasteiger partial charge on any atom is -0.549 e. The molecule has 0 bridgehead atoms. The fourth-order valence-corrected chi connectivity index (χ4v) is 5.87. The van der Waals surface area contributed by atoms with Crippen molar-refractivity contribution in [3.05, 3.63) is 127 Å². The second kappa shape index (κ2) is 8.95. The molecule has 0 aliphatic carbocycles. The number of pyridine rings is 1. The Morgan fingerprint density at radius 3 is 2.42 bits per heavy atom. The normalized spacial score (nSPS) is 14.2. The molecule has 0 unspecified atom stereocenters. The Hall–Kier alpha value is -5.17. The number of rotatable bonds is 4. The van der Waals surface area contributed by atoms with Crippen molar-refractivity contribution >= 4 is 39.9 Å². The van der Waals surface area contributed by atoms with Crippen LogP contribution in [0, 0.1) is 0 Å². The number of aromatic nitrogens is 2. The van der Waals surface area contributed by atoms with Crippen molar-refractivity contribution in [2.24, 2.45) is 0 Å². The predicted octanol–water partition coefficient (Wildman–Crippen LogP) is 6.35. The Kier molecular flexibility index (Phi) is 5.10. The van der Waals surface area contributed by atoms with E-state index in [-0.39, 0.29) is 6.92 Å². The molecule has 7 heteroatoms. The number of anilines is 1. The number of hydrogen-bond acceptors (Lipinski definition) is 5. The van der Waals surface area contributed by atoms with Crippen molar-refractivity contribution in [3.63, 3.8) is 0 Å². The molecule has 8 rings (SSSR count). The van der Waals surface area contributed by atoms with E-state index < -0.39 is 0 Å². The fraction of sp³-hybridized carbons (Fsp3) is 0.0606. The summed E-state index contributed by atoms with van der Waals surface area (Å²) in [6.45, 7) is 0.607. The molecule has 0 spiro atoms. The van der Waals surface area contributed by atoms with Crippen LogP contribution in [0.3, 0.4) is 0 Å². The highest BCUT2D eigenvalue weighted by Crippen LogP contribution is 2.42. The largest absolute Gasteiger partial charge is 0.549 e. The molecule has 2 aromatic heterocycles. The molecule has 0 N–H and O–H groups in total. The molecule has 0 fully saturated rings. The van der Waals surface area contributed by atoms with Gasteiger partial charge in [0.05, 0.1) is 29.0 Å². The Bertz CT molecular complexity index is 1920. The van der Waals surface area contributed by atoms with E-state index >= 15 is 0 Å². The van der Waals surface area contributed by atoms with Crippen molar-refractivity contribution < 1.29 is 9.39 Å². The summed E-state index contributed by atoms with van der Waals surface area (Å²) < 4.78 is 15.2. The van der Waals surface area contributed by atoms with Gasteiger partial charge >= 0.3 is 6.92 Å². The topological polar surface area (TPSA) is 42.8 Å². The van der Waals surface area contributed by atoms with E-state index in [2.05, 4.69) is 99.3 Å². The lowest BCUT2D eigenvalue weighted by atomic mass is 9.57. The van der Waals surface area contributed by atoms with Crippen LogP contribution in [0.4, 0.5) is 5.69 Å². The Balaban J connectivity index is 1.18. The Labute approximate surface area is 232 Å². The first-order valence-corrected chi connectivity index (χ1v) is 13.4. The molecule has 0 saturated carbocycles. The van der Waals surface area contributed by atoms with E-state index in [0.29, 0.717) is 0 Å². The average Bonchev–Trinajstić information content (AvgIpc) is 3.55. The average molecular weight is 520 g/mol. The van der Waals surface area contributed by atoms with Crippen LogP contribution in [0.25, 0.3) is 27.6 Å². The standard InChI is InChI=1S/C33H25BN4O2/c1-36-21-32-34(23-9-3-2-4-10-23)40-31-17-15-25(20-30(31)37(32)22-36)39-24-14-16-27-26-11-5-6-12-28(26)38(29(27)19-24)33-13-7-8-18-35-33/h2-21H,22H2,1H3. The fourth-order valence-electron chi connectivity index (χ4n) is 5.87. The van der Waals surface area contributed by atoms with E-state index in [4.69, 9.17) is 9.39 Å². The van der Waals surface area contributed by atoms with Crippen LogP contribution >= 0.6 is 0 Å². The summed E-state index contributed by atoms with van der Waals surface area (Å²) in [4.78, 5) is 9.13. The highest BCUT2D eigenvalue weighted by Gasteiger charge is 2.40. The number of ether oxygens (including phenoxy) is 1. The molecule has 6 aromatic rings. The van der Waals surface area contributed by atoms with Crippen molar-refractivity contribution in [1.82, 2.24) is 14.5 Å². The maximum Gasteiger partial charge on any atom is 0.445 e. The highest BCUT2D eigenvalue weighted by atomic mass is 16.5. The van der Waals surface area contributed by atoms with Gasteiger partial charge in [0, 0.05) is 42.3 Å². The summed E-state index contributed by atoms with van der Waals surface area (Å²) in [5.41, 5.74) is 5.43. The van der Waals surface area contributed by atoms with Crippen LogP contribution in [-0.4, -0.2) is 35.1 Å². The van der Waals surface area contributed by atoms with Gasteiger partial charge in [0.25, 0.3) is 0 Å². The van der Waals surface area contributed by atoms with E-state index in [1.54, 1.807) is 0 Å². The van der Waals surface area contributed by atoms with Gasteiger partial charge in [-0.1, -0.05) is 54.6 Å². The molecule has 4 aromatic carbocycles. The molecule has 0 amide bonds. The molecular formula is C33H25BN4O2. The van der Waals surface area contributed by atoms with Crippen LogP contribution in [-0.2, 0) is 0 Å². The maximum absolute atomic E-state index is 6.54. The first kappa shape index (κ1) is 22.8. The van der Waals surface area contributed by atoms with Gasteiger partial charge in [-0.25, -0.2) is 4.98 Å².